The first-order chi connectivity index (χ1) is 24.2. The van der Waals surface area contributed by atoms with Crippen LogP contribution in [0.5, 0.6) is 0 Å². The fourth-order valence-electron chi connectivity index (χ4n) is 4.37. The summed E-state index contributed by atoms with van der Waals surface area (Å²) >= 11 is 0. The maximum absolute atomic E-state index is 11.9. The summed E-state index contributed by atoms with van der Waals surface area (Å²) in [6, 6.07) is 8.59. The van der Waals surface area contributed by atoms with Gasteiger partial charge in [-0.1, -0.05) is 36.8 Å². The van der Waals surface area contributed by atoms with Crippen molar-refractivity contribution in [3.8, 4) is 0 Å². The highest BCUT2D eigenvalue weighted by atomic mass is 16.7. The number of primary amides is 3. The first-order valence-corrected chi connectivity index (χ1v) is 16.9. The largest absolute Gasteiger partial charge is 0.394 e. The Morgan fingerprint density at radius 3 is 2.14 bits per heavy atom. The molecule has 17 nitrogen and oxygen atoms in total. The molecule has 0 aromatic heterocycles. The highest BCUT2D eigenvalue weighted by Crippen LogP contribution is 2.24. The van der Waals surface area contributed by atoms with Gasteiger partial charge >= 0.3 is 0 Å². The average molecular weight is 728 g/mol. The normalized spacial score (nSPS) is 18.5. The molecule has 1 saturated heterocycles. The number of nitrogens with one attached hydrogen (secondary N) is 3. The molecule has 0 aliphatic carbocycles. The monoisotopic (exact) mass is 727 g/mol. The van der Waals surface area contributed by atoms with Crippen molar-refractivity contribution in [2.45, 2.75) is 122 Å². The van der Waals surface area contributed by atoms with Crippen molar-refractivity contribution < 1.29 is 48.1 Å². The Kier molecular flexibility index (Phi) is 29.7. The van der Waals surface area contributed by atoms with Gasteiger partial charge in [-0.3, -0.25) is 24.0 Å². The van der Waals surface area contributed by atoms with Gasteiger partial charge in [-0.25, -0.2) is 0 Å². The van der Waals surface area contributed by atoms with Gasteiger partial charge in [0.2, 0.25) is 30.0 Å². The Morgan fingerprint density at radius 2 is 1.63 bits per heavy atom. The number of aldehydes is 1. The molecule has 12 N–H and O–H groups in total. The fourth-order valence-corrected chi connectivity index (χ4v) is 4.37. The molecule has 17 heteroatoms. The van der Waals surface area contributed by atoms with E-state index in [1.54, 1.807) is 20.9 Å². The molecule has 0 saturated carbocycles. The van der Waals surface area contributed by atoms with Crippen LogP contribution < -0.4 is 38.9 Å². The van der Waals surface area contributed by atoms with Gasteiger partial charge in [-0.2, -0.15) is 0 Å². The Labute approximate surface area is 301 Å². The van der Waals surface area contributed by atoms with Crippen molar-refractivity contribution in [1.29, 1.82) is 0 Å². The molecule has 292 valence electrons. The van der Waals surface area contributed by atoms with Crippen molar-refractivity contribution in [2.75, 3.05) is 20.2 Å². The van der Waals surface area contributed by atoms with E-state index in [2.05, 4.69) is 27.4 Å². The van der Waals surface area contributed by atoms with Crippen LogP contribution in [0.25, 0.3) is 0 Å². The van der Waals surface area contributed by atoms with Gasteiger partial charge < -0.3 is 63.0 Å². The van der Waals surface area contributed by atoms with Gasteiger partial charge in [-0.05, 0) is 59.2 Å². The number of aliphatic hydroxyl groups is 1. The van der Waals surface area contributed by atoms with Crippen molar-refractivity contribution in [2.24, 2.45) is 22.9 Å². The van der Waals surface area contributed by atoms with E-state index in [1.165, 1.54) is 6.92 Å². The molecular formula is C34H61N7O10. The lowest BCUT2D eigenvalue weighted by Crippen LogP contribution is -2.50. The molecule has 2 rings (SSSR count). The highest BCUT2D eigenvalue weighted by Gasteiger charge is 2.31. The van der Waals surface area contributed by atoms with E-state index < -0.39 is 30.4 Å². The summed E-state index contributed by atoms with van der Waals surface area (Å²) in [5, 5.41) is 17.5. The van der Waals surface area contributed by atoms with E-state index in [-0.39, 0.29) is 61.8 Å². The molecule has 1 heterocycles. The Bertz CT molecular complexity index is 1110. The number of amides is 5. The molecule has 1 aliphatic heterocycles. The van der Waals surface area contributed by atoms with Crippen LogP contribution in [0.15, 0.2) is 30.3 Å². The van der Waals surface area contributed by atoms with E-state index in [1.807, 2.05) is 37.3 Å². The van der Waals surface area contributed by atoms with Crippen LogP contribution in [0.3, 0.4) is 0 Å². The first-order valence-electron chi connectivity index (χ1n) is 16.9. The summed E-state index contributed by atoms with van der Waals surface area (Å²) in [5.41, 5.74) is 20.4. The molecule has 1 fully saturated rings. The second kappa shape index (κ2) is 30.8. The van der Waals surface area contributed by atoms with Gasteiger partial charge in [-0.15, -0.1) is 0 Å². The van der Waals surface area contributed by atoms with Crippen LogP contribution in [0.2, 0.25) is 0 Å². The molecule has 51 heavy (non-hydrogen) atoms. The van der Waals surface area contributed by atoms with Gasteiger partial charge in [0.1, 0.15) is 18.4 Å². The number of benzene rings is 1. The second-order valence-electron chi connectivity index (χ2n) is 11.7. The summed E-state index contributed by atoms with van der Waals surface area (Å²) < 4.78 is 17.0. The number of carbonyl (C=O) groups is 6. The van der Waals surface area contributed by atoms with Crippen LogP contribution in [-0.2, 0) is 49.6 Å². The molecule has 5 amide bonds. The number of hydrogen-bond acceptors (Lipinski definition) is 12. The Balaban J connectivity index is 0. The highest BCUT2D eigenvalue weighted by molar-refractivity contribution is 5.89. The minimum absolute atomic E-state index is 0.0555. The molecule has 0 spiro atoms. The number of carbonyl (C=O) groups excluding carboxylic acids is 6. The number of unbranched alkanes of at least 4 members (excludes halogenated alkanes) is 1. The summed E-state index contributed by atoms with van der Waals surface area (Å²) in [7, 11) is 1.64. The zero-order valence-corrected chi connectivity index (χ0v) is 30.6. The molecule has 1 aromatic carbocycles. The SMILES string of the molecule is CC(N)=O.CN[C@@H](C)C(=O)NC(CCC(=O)NC(C)CCCCN)C(N)=O.C[C@H](C=O)OC1CC(CO)OC(OCc2ccccc2)C1.NC=O. The predicted octanol–water partition coefficient (Wildman–Crippen LogP) is -0.755. The fraction of sp³-hybridized carbons (Fsp3) is 0.647. The zero-order valence-electron chi connectivity index (χ0n) is 30.6. The van der Waals surface area contributed by atoms with Crippen LogP contribution in [-0.4, -0.2) is 104 Å². The Hall–Kier alpha value is -4.00. The van der Waals surface area contributed by atoms with E-state index >= 15 is 0 Å². The average Bonchev–Trinajstić information content (AvgIpc) is 3.09. The van der Waals surface area contributed by atoms with Gasteiger partial charge in [0.15, 0.2) is 6.29 Å². The van der Waals surface area contributed by atoms with Crippen LogP contribution >= 0.6 is 0 Å². The molecule has 7 atom stereocenters. The van der Waals surface area contributed by atoms with Crippen molar-refractivity contribution in [3.63, 3.8) is 0 Å². The van der Waals surface area contributed by atoms with Gasteiger partial charge in [0, 0.05) is 32.2 Å². The third kappa shape index (κ3) is 27.4. The molecule has 0 bridgehead atoms. The van der Waals surface area contributed by atoms with Crippen molar-refractivity contribution in [1.82, 2.24) is 16.0 Å². The predicted molar refractivity (Wildman–Crippen MR) is 191 cm³/mol. The number of ether oxygens (including phenoxy) is 3. The molecule has 1 aliphatic rings. The second-order valence-corrected chi connectivity index (χ2v) is 11.7. The third-order valence-electron chi connectivity index (χ3n) is 7.05. The number of rotatable bonds is 19. The Morgan fingerprint density at radius 1 is 1.02 bits per heavy atom. The minimum atomic E-state index is -0.850. The summed E-state index contributed by atoms with van der Waals surface area (Å²) in [6.45, 7) is 7.61. The molecule has 5 unspecified atom stereocenters. The lowest BCUT2D eigenvalue weighted by atomic mass is 10.1. The molecule has 1 aromatic rings. The third-order valence-corrected chi connectivity index (χ3v) is 7.05. The molecular weight excluding hydrogens is 666 g/mol. The lowest BCUT2D eigenvalue weighted by Gasteiger charge is -2.35. The maximum atomic E-state index is 11.9. The zero-order chi connectivity index (χ0) is 39.2. The number of hydrogen-bond donors (Lipinski definition) is 8. The summed E-state index contributed by atoms with van der Waals surface area (Å²) in [4.78, 5) is 63.5. The quantitative estimate of drug-likeness (QED) is 0.0645. The van der Waals surface area contributed by atoms with Crippen molar-refractivity contribution >= 4 is 36.3 Å². The van der Waals surface area contributed by atoms with E-state index in [0.29, 0.717) is 26.0 Å². The van der Waals surface area contributed by atoms with E-state index in [0.717, 1.165) is 31.1 Å². The van der Waals surface area contributed by atoms with Gasteiger partial charge in [0.25, 0.3) is 0 Å². The standard InChI is InChI=1S/C16H22O5.C15H31N5O3.C2H5NO.CH3NO/c1-12(9-17)20-14-7-15(10-18)21-16(8-14)19-11-13-5-3-2-4-6-13;1-10(6-4-5-9-16)19-13(21)8-7-12(14(17)22)20-15(23)11(2)18-3;1-2(3)4;2-1-3/h2-6,9,12,14-16,18H,7-8,10-11H2,1H3;10-12,18H,4-9,16H2,1-3H3,(H2,17,22)(H,19,21)(H,20,23);1H3,(H2,3,4);1H,(H2,2,3)/t12-,14?,15?,16?;10?,11-,12?;;/m10../s1. The first kappa shape index (κ1) is 49.1. The topological polar surface area (TPSA) is 291 Å². The number of aliphatic hydroxyl groups excluding tert-OH is 1. The maximum Gasteiger partial charge on any atom is 0.240 e. The van der Waals surface area contributed by atoms with Crippen molar-refractivity contribution in [3.05, 3.63) is 35.9 Å². The number of nitrogens with two attached hydrogens (primary N) is 4. The molecule has 0 radical (unpaired) electrons. The smallest absolute Gasteiger partial charge is 0.240 e. The van der Waals surface area contributed by atoms with Gasteiger partial charge in [0.05, 0.1) is 31.5 Å². The van der Waals surface area contributed by atoms with Crippen LogP contribution in [0, 0.1) is 0 Å². The van der Waals surface area contributed by atoms with E-state index in [4.69, 9.17) is 30.5 Å². The van der Waals surface area contributed by atoms with E-state index in [9.17, 15) is 29.1 Å². The minimum Gasteiger partial charge on any atom is -0.394 e. The number of likely N-dealkylation sites (N-methyl/N-ethyl adjacent to an activating group) is 1. The van der Waals surface area contributed by atoms with Crippen LogP contribution in [0.1, 0.15) is 78.2 Å². The van der Waals surface area contributed by atoms with Crippen LogP contribution in [0.4, 0.5) is 0 Å². The lowest BCUT2D eigenvalue weighted by molar-refractivity contribution is -0.235. The summed E-state index contributed by atoms with van der Waals surface area (Å²) in [5.74, 6) is -1.47. The summed E-state index contributed by atoms with van der Waals surface area (Å²) in [6.07, 6.45) is 3.85.